The van der Waals surface area contributed by atoms with Gasteiger partial charge in [0.05, 0.1) is 26.3 Å². The highest BCUT2D eigenvalue weighted by Crippen LogP contribution is 2.26. The first-order valence-corrected chi connectivity index (χ1v) is 9.85. The zero-order valence-electron chi connectivity index (χ0n) is 17.0. The number of benzene rings is 1. The summed E-state index contributed by atoms with van der Waals surface area (Å²) in [4.78, 5) is 26.9. The first-order chi connectivity index (χ1) is 14.1. The number of methoxy groups -OCH3 is 2. The van der Waals surface area contributed by atoms with E-state index in [9.17, 15) is 9.59 Å². The van der Waals surface area contributed by atoms with Crippen molar-refractivity contribution in [3.05, 3.63) is 58.0 Å². The second kappa shape index (κ2) is 10.2. The van der Waals surface area contributed by atoms with Crippen LogP contribution in [0.15, 0.2) is 41.2 Å². The number of hydrogen-bond donors (Lipinski definition) is 1. The van der Waals surface area contributed by atoms with Crippen molar-refractivity contribution in [3.63, 3.8) is 0 Å². The molecule has 1 aromatic heterocycles. The number of aromatic nitrogens is 2. The Labute approximate surface area is 170 Å². The summed E-state index contributed by atoms with van der Waals surface area (Å²) in [6, 6.07) is 10.8. The standard InChI is InChI=1S/C21H28N4O4/c1-28-14-13-25-20(26)10-9-18(23-25)21(27)22-15-19(24-11-3-4-12-24)16-5-7-17(29-2)8-6-16/h5-10,19H,3-4,11-15H2,1-2H3,(H,22,27). The number of amides is 1. The van der Waals surface area contributed by atoms with Gasteiger partial charge in [0.25, 0.3) is 11.5 Å². The van der Waals surface area contributed by atoms with Crippen molar-refractivity contribution in [2.45, 2.75) is 25.4 Å². The van der Waals surface area contributed by atoms with Gasteiger partial charge in [0, 0.05) is 19.7 Å². The van der Waals surface area contributed by atoms with E-state index in [1.807, 2.05) is 24.3 Å². The summed E-state index contributed by atoms with van der Waals surface area (Å²) in [6.07, 6.45) is 2.32. The van der Waals surface area contributed by atoms with Crippen LogP contribution in [0, 0.1) is 0 Å². The van der Waals surface area contributed by atoms with E-state index >= 15 is 0 Å². The zero-order valence-corrected chi connectivity index (χ0v) is 17.0. The fourth-order valence-corrected chi connectivity index (χ4v) is 3.52. The van der Waals surface area contributed by atoms with Crippen LogP contribution in [0.2, 0.25) is 0 Å². The lowest BCUT2D eigenvalue weighted by atomic mass is 10.1. The van der Waals surface area contributed by atoms with Crippen LogP contribution in [0.25, 0.3) is 0 Å². The Kier molecular flexibility index (Phi) is 7.37. The van der Waals surface area contributed by atoms with Crippen LogP contribution >= 0.6 is 0 Å². The van der Waals surface area contributed by atoms with Crippen LogP contribution in [0.5, 0.6) is 5.75 Å². The lowest BCUT2D eigenvalue weighted by molar-refractivity contribution is 0.0929. The van der Waals surface area contributed by atoms with Gasteiger partial charge in [0.15, 0.2) is 0 Å². The maximum absolute atomic E-state index is 12.7. The van der Waals surface area contributed by atoms with Gasteiger partial charge in [-0.05, 0) is 49.7 Å². The number of ether oxygens (including phenoxy) is 2. The molecule has 0 saturated carbocycles. The summed E-state index contributed by atoms with van der Waals surface area (Å²) in [5.74, 6) is 0.509. The van der Waals surface area contributed by atoms with Crippen LogP contribution in [-0.2, 0) is 11.3 Å². The summed E-state index contributed by atoms with van der Waals surface area (Å²) >= 11 is 0. The summed E-state index contributed by atoms with van der Waals surface area (Å²) in [5.41, 5.74) is 1.09. The van der Waals surface area contributed by atoms with E-state index in [0.717, 1.165) is 37.2 Å². The Morgan fingerprint density at radius 2 is 1.86 bits per heavy atom. The van der Waals surface area contributed by atoms with Gasteiger partial charge < -0.3 is 14.8 Å². The third kappa shape index (κ3) is 5.42. The van der Waals surface area contributed by atoms with E-state index in [4.69, 9.17) is 9.47 Å². The van der Waals surface area contributed by atoms with Crippen LogP contribution in [0.4, 0.5) is 0 Å². The summed E-state index contributed by atoms with van der Waals surface area (Å²) in [7, 11) is 3.20. The van der Waals surface area contributed by atoms with E-state index in [1.165, 1.54) is 16.8 Å². The van der Waals surface area contributed by atoms with Gasteiger partial charge in [0.2, 0.25) is 0 Å². The zero-order chi connectivity index (χ0) is 20.6. The predicted molar refractivity (Wildman–Crippen MR) is 109 cm³/mol. The van der Waals surface area contributed by atoms with Gasteiger partial charge in [-0.15, -0.1) is 0 Å². The summed E-state index contributed by atoms with van der Waals surface area (Å²) in [6.45, 7) is 3.13. The number of rotatable bonds is 9. The van der Waals surface area contributed by atoms with Crippen LogP contribution < -0.4 is 15.6 Å². The number of nitrogens with one attached hydrogen (secondary N) is 1. The van der Waals surface area contributed by atoms with Crippen molar-refractivity contribution in [1.29, 1.82) is 0 Å². The van der Waals surface area contributed by atoms with E-state index in [2.05, 4.69) is 15.3 Å². The molecule has 1 aliphatic heterocycles. The molecule has 0 bridgehead atoms. The van der Waals surface area contributed by atoms with Crippen LogP contribution in [0.1, 0.15) is 34.9 Å². The third-order valence-corrected chi connectivity index (χ3v) is 5.14. The van der Waals surface area contributed by atoms with Crippen molar-refractivity contribution in [1.82, 2.24) is 20.0 Å². The SMILES string of the molecule is COCCn1nc(C(=O)NCC(c2ccc(OC)cc2)N2CCCC2)ccc1=O. The molecule has 1 N–H and O–H groups in total. The lowest BCUT2D eigenvalue weighted by Crippen LogP contribution is -2.38. The maximum atomic E-state index is 12.7. The molecule has 156 valence electrons. The van der Waals surface area contributed by atoms with Crippen molar-refractivity contribution in [2.24, 2.45) is 0 Å². The number of likely N-dealkylation sites (tertiary alicyclic amines) is 1. The number of hydrogen-bond acceptors (Lipinski definition) is 6. The molecule has 8 nitrogen and oxygen atoms in total. The highest BCUT2D eigenvalue weighted by atomic mass is 16.5. The topological polar surface area (TPSA) is 85.7 Å². The minimum atomic E-state index is -0.297. The molecular weight excluding hydrogens is 372 g/mol. The molecule has 1 saturated heterocycles. The van der Waals surface area contributed by atoms with Crippen molar-refractivity contribution in [3.8, 4) is 5.75 Å². The van der Waals surface area contributed by atoms with Crippen molar-refractivity contribution in [2.75, 3.05) is 40.5 Å². The minimum absolute atomic E-state index is 0.0757. The normalized spacial score (nSPS) is 15.2. The molecule has 29 heavy (non-hydrogen) atoms. The molecule has 1 amide bonds. The molecule has 8 heteroatoms. The molecule has 1 unspecified atom stereocenters. The molecule has 0 radical (unpaired) electrons. The fraction of sp³-hybridized carbons (Fsp3) is 0.476. The minimum Gasteiger partial charge on any atom is -0.497 e. The predicted octanol–water partition coefficient (Wildman–Crippen LogP) is 1.47. The van der Waals surface area contributed by atoms with E-state index in [-0.39, 0.29) is 23.2 Å². The van der Waals surface area contributed by atoms with E-state index < -0.39 is 0 Å². The van der Waals surface area contributed by atoms with E-state index in [1.54, 1.807) is 14.2 Å². The molecule has 2 aromatic rings. The van der Waals surface area contributed by atoms with Gasteiger partial charge in [0.1, 0.15) is 11.4 Å². The second-order valence-electron chi connectivity index (χ2n) is 7.01. The van der Waals surface area contributed by atoms with Gasteiger partial charge >= 0.3 is 0 Å². The summed E-state index contributed by atoms with van der Waals surface area (Å²) in [5, 5.41) is 7.15. The Bertz CT molecular complexity index is 860. The molecule has 1 aliphatic rings. The number of nitrogens with zero attached hydrogens (tertiary/aromatic N) is 3. The van der Waals surface area contributed by atoms with Crippen molar-refractivity contribution >= 4 is 5.91 Å². The van der Waals surface area contributed by atoms with Crippen LogP contribution in [-0.4, -0.2) is 61.0 Å². The fourth-order valence-electron chi connectivity index (χ4n) is 3.52. The third-order valence-electron chi connectivity index (χ3n) is 5.14. The van der Waals surface area contributed by atoms with Gasteiger partial charge in [-0.3, -0.25) is 14.5 Å². The quantitative estimate of drug-likeness (QED) is 0.686. The Morgan fingerprint density at radius 1 is 1.14 bits per heavy atom. The highest BCUT2D eigenvalue weighted by Gasteiger charge is 2.24. The second-order valence-corrected chi connectivity index (χ2v) is 7.01. The number of carbonyl (C=O) groups excluding carboxylic acids is 1. The highest BCUT2D eigenvalue weighted by molar-refractivity contribution is 5.92. The smallest absolute Gasteiger partial charge is 0.271 e. The average molecular weight is 400 g/mol. The largest absolute Gasteiger partial charge is 0.497 e. The van der Waals surface area contributed by atoms with Crippen LogP contribution in [0.3, 0.4) is 0 Å². The average Bonchev–Trinajstić information content (AvgIpc) is 3.28. The Hall–Kier alpha value is -2.71. The van der Waals surface area contributed by atoms with Gasteiger partial charge in [-0.2, -0.15) is 5.10 Å². The van der Waals surface area contributed by atoms with Crippen molar-refractivity contribution < 1.29 is 14.3 Å². The molecule has 2 heterocycles. The first kappa shape index (κ1) is 21.0. The Balaban J connectivity index is 1.71. The monoisotopic (exact) mass is 400 g/mol. The van der Waals surface area contributed by atoms with Gasteiger partial charge in [-0.25, -0.2) is 4.68 Å². The molecule has 1 atom stereocenters. The number of carbonyl (C=O) groups is 1. The first-order valence-electron chi connectivity index (χ1n) is 9.85. The molecule has 0 spiro atoms. The maximum Gasteiger partial charge on any atom is 0.271 e. The molecular formula is C21H28N4O4. The van der Waals surface area contributed by atoms with Gasteiger partial charge in [-0.1, -0.05) is 12.1 Å². The molecule has 0 aliphatic carbocycles. The molecule has 1 aromatic carbocycles. The molecule has 1 fully saturated rings. The lowest BCUT2D eigenvalue weighted by Gasteiger charge is -2.28. The van der Waals surface area contributed by atoms with E-state index in [0.29, 0.717) is 19.7 Å². The Morgan fingerprint density at radius 3 is 2.52 bits per heavy atom. The summed E-state index contributed by atoms with van der Waals surface area (Å²) < 4.78 is 11.5. The molecule has 3 rings (SSSR count).